The Morgan fingerprint density at radius 3 is 2.16 bits per heavy atom. The third-order valence-corrected chi connectivity index (χ3v) is 31.0. The van der Waals surface area contributed by atoms with Crippen molar-refractivity contribution in [1.82, 2.24) is 0 Å². The lowest BCUT2D eigenvalue weighted by Crippen LogP contribution is -2.77. The van der Waals surface area contributed by atoms with Crippen molar-refractivity contribution in [2.24, 2.45) is 28.6 Å². The minimum Gasteiger partial charge on any atom is -0.462 e. The molecule has 3 rings (SSSR count). The number of carbonyl (C=O) groups excluding carboxylic acids is 2. The van der Waals surface area contributed by atoms with Gasteiger partial charge in [-0.2, -0.15) is 0 Å². The van der Waals surface area contributed by atoms with Gasteiger partial charge >= 0.3 is 5.97 Å². The molecule has 14 heteroatoms. The highest BCUT2D eigenvalue weighted by molar-refractivity contribution is 8.96. The average Bonchev–Trinajstić information content (AvgIpc) is 2.77. The second-order valence-corrected chi connectivity index (χ2v) is 35.7. The molecule has 0 bridgehead atoms. The highest BCUT2D eigenvalue weighted by Crippen LogP contribution is 2.98. The number of fused-ring (bicyclic) bond motifs is 1. The third-order valence-electron chi connectivity index (χ3n) is 8.61. The number of hydrogen-bond donors (Lipinski definition) is 2. The Hall–Kier alpha value is 1.73. The van der Waals surface area contributed by atoms with Gasteiger partial charge < -0.3 is 24.2 Å². The first-order valence-corrected chi connectivity index (χ1v) is 24.7. The first-order chi connectivity index (χ1) is 17.4. The van der Waals surface area contributed by atoms with Gasteiger partial charge in [0, 0.05) is 31.1 Å². The molecule has 3 aliphatic rings. The highest BCUT2D eigenvalue weighted by atomic mass is 33.0. The van der Waals surface area contributed by atoms with E-state index in [1.807, 2.05) is 33.8 Å². The second-order valence-electron chi connectivity index (χ2n) is 12.1. The largest absolute Gasteiger partial charge is 0.462 e. The van der Waals surface area contributed by atoms with Crippen molar-refractivity contribution in [3.05, 3.63) is 11.6 Å². The number of esters is 1. The molecule has 1 heterocycles. The van der Waals surface area contributed by atoms with Crippen LogP contribution >= 0.6 is 57.2 Å². The molecule has 2 fully saturated rings. The van der Waals surface area contributed by atoms with E-state index in [0.29, 0.717) is 12.8 Å². The minimum absolute atomic E-state index is 0.0204. The predicted octanol–water partition coefficient (Wildman–Crippen LogP) is 6.39. The number of allylic oxidation sites excluding steroid dienone is 1. The molecule has 1 aliphatic heterocycles. The Bertz CT molecular complexity index is 937. The van der Waals surface area contributed by atoms with Crippen LogP contribution in [0.15, 0.2) is 11.6 Å². The molecule has 7 nitrogen and oxygen atoms in total. The summed E-state index contributed by atoms with van der Waals surface area (Å²) in [4.78, 5) is 26.9. The van der Waals surface area contributed by atoms with Gasteiger partial charge in [0.05, 0.1) is 37.9 Å². The molecule has 38 heavy (non-hydrogen) atoms. The number of ether oxygens (including phenoxy) is 2. The zero-order valence-corrected chi connectivity index (χ0v) is 30.6. The van der Waals surface area contributed by atoms with E-state index in [1.165, 1.54) is 6.92 Å². The monoisotopic (exact) mass is 662 g/mol. The Balaban J connectivity index is 2.24. The van der Waals surface area contributed by atoms with Crippen LogP contribution in [-0.4, -0.2) is 58.6 Å². The van der Waals surface area contributed by atoms with E-state index < -0.39 is 74.2 Å². The van der Waals surface area contributed by atoms with E-state index in [4.69, 9.17) is 14.0 Å². The van der Waals surface area contributed by atoms with Gasteiger partial charge in [-0.1, -0.05) is 33.8 Å². The van der Waals surface area contributed by atoms with Crippen LogP contribution in [-0.2, 0) is 23.6 Å². The highest BCUT2D eigenvalue weighted by Gasteiger charge is 2.71. The van der Waals surface area contributed by atoms with E-state index in [-0.39, 0.29) is 24.2 Å². The molecule has 12 atom stereocenters. The predicted molar refractivity (Wildman–Crippen MR) is 172 cm³/mol. The molecule has 0 amide bonds. The fourth-order valence-electron chi connectivity index (χ4n) is 6.80. The van der Waals surface area contributed by atoms with Crippen molar-refractivity contribution in [1.29, 1.82) is 0 Å². The van der Waals surface area contributed by atoms with Crippen LogP contribution in [0.3, 0.4) is 0 Å². The van der Waals surface area contributed by atoms with Crippen LogP contribution in [0.4, 0.5) is 0 Å². The summed E-state index contributed by atoms with van der Waals surface area (Å²) in [5.74, 6) is -1.93. The minimum atomic E-state index is -1.36. The summed E-state index contributed by atoms with van der Waals surface area (Å²) >= 11 is 0. The van der Waals surface area contributed by atoms with Gasteiger partial charge in [0.25, 0.3) is 0 Å². The number of rotatable bonds is 9. The van der Waals surface area contributed by atoms with Crippen molar-refractivity contribution in [3.8, 4) is 0 Å². The van der Waals surface area contributed by atoms with E-state index in [1.54, 1.807) is 0 Å². The summed E-state index contributed by atoms with van der Waals surface area (Å²) < 4.78 is 18.9. The second kappa shape index (κ2) is 12.8. The summed E-state index contributed by atoms with van der Waals surface area (Å²) in [5.41, 5.74) is -2.09. The topological polar surface area (TPSA) is 102 Å². The normalized spacial score (nSPS) is 37.6. The number of ketones is 1. The molecule has 2 N–H and O–H groups in total. The van der Waals surface area contributed by atoms with E-state index >= 15 is 0 Å². The van der Waals surface area contributed by atoms with E-state index in [9.17, 15) is 19.8 Å². The maximum atomic E-state index is 14.3. The average molecular weight is 662 g/mol. The Morgan fingerprint density at radius 1 is 1.13 bits per heavy atom. The maximum Gasteiger partial charge on any atom is 0.302 e. The molecular formula is C24H45O7P7. The quantitative estimate of drug-likeness (QED) is 0.168. The van der Waals surface area contributed by atoms with Gasteiger partial charge in [-0.3, -0.25) is 9.59 Å². The lowest BCUT2D eigenvalue weighted by Gasteiger charge is -2.64. The van der Waals surface area contributed by atoms with Crippen molar-refractivity contribution in [2.45, 2.75) is 91.3 Å². The number of aliphatic hydroxyl groups excluding tert-OH is 1. The fourth-order valence-corrected chi connectivity index (χ4v) is 39.7. The van der Waals surface area contributed by atoms with Gasteiger partial charge in [-0.05, 0) is 45.2 Å². The van der Waals surface area contributed by atoms with Crippen LogP contribution in [0.5, 0.6) is 0 Å². The van der Waals surface area contributed by atoms with Crippen molar-refractivity contribution in [2.75, 3.05) is 6.61 Å². The van der Waals surface area contributed by atoms with Gasteiger partial charge in [-0.25, -0.2) is 0 Å². The number of Topliss-reactive ketones (excluding diaryl/α,β-unsaturated/α-hetero) is 1. The summed E-state index contributed by atoms with van der Waals surface area (Å²) in [6.07, 6.45) is 0.203. The molecule has 12 unspecified atom stereocenters. The summed E-state index contributed by atoms with van der Waals surface area (Å²) in [7, 11) is 10.6. The van der Waals surface area contributed by atoms with Gasteiger partial charge in [0.1, 0.15) is 17.5 Å². The van der Waals surface area contributed by atoms with Crippen molar-refractivity contribution < 1.29 is 33.8 Å². The maximum absolute atomic E-state index is 14.3. The summed E-state index contributed by atoms with van der Waals surface area (Å²) in [5, 5.41) is 23.1. The summed E-state index contributed by atoms with van der Waals surface area (Å²) in [6.45, 7) is 11.9. The van der Waals surface area contributed by atoms with Gasteiger partial charge in [0.15, 0.2) is 0 Å². The van der Waals surface area contributed by atoms with Crippen molar-refractivity contribution in [3.63, 3.8) is 0 Å². The van der Waals surface area contributed by atoms with Crippen molar-refractivity contribution >= 4 is 69.0 Å². The van der Waals surface area contributed by atoms with Gasteiger partial charge in [-0.15, -0.1) is 35.7 Å². The molecule has 1 saturated carbocycles. The molecule has 0 aromatic rings. The fraction of sp³-hybridized carbons (Fsp3) is 0.833. The third kappa shape index (κ3) is 6.47. The Kier molecular flexibility index (Phi) is 11.5. The number of hydrogen-bond acceptors (Lipinski definition) is 7. The lowest BCUT2D eigenvalue weighted by molar-refractivity contribution is -0.329. The van der Waals surface area contributed by atoms with E-state index in [0.717, 1.165) is 5.57 Å². The smallest absolute Gasteiger partial charge is 0.302 e. The molecular weight excluding hydrogens is 617 g/mol. The standard InChI is InChI=1S/C24H45O7P7/c1-12(2)21(27)23(7)17(31-36(37(32)33)38(34)35)9-18-24(28,11-29-18)20(23)19(30-14(4)25)15-8-16(26)13(3)10-22(15,5)6/h10,12,15-20,26,28H,8-9,11,32-35H2,1-7H3. The van der Waals surface area contributed by atoms with Crippen LogP contribution in [0.25, 0.3) is 0 Å². The number of carbonyl (C=O) groups is 2. The van der Waals surface area contributed by atoms with Crippen LogP contribution in [0.2, 0.25) is 0 Å². The van der Waals surface area contributed by atoms with E-state index in [2.05, 4.69) is 49.6 Å². The van der Waals surface area contributed by atoms with Crippen LogP contribution < -0.4 is 0 Å². The van der Waals surface area contributed by atoms with Crippen LogP contribution in [0, 0.1) is 28.6 Å². The molecule has 218 valence electrons. The SMILES string of the molecule is CC(=O)OC(C1CC(O)C(C)=CC1(C)C)C1C2(O)COC2CC(OP(P(P)P)P(P)P)C1(C)C(=O)C(C)C. The first kappa shape index (κ1) is 34.2. The molecule has 0 aromatic heterocycles. The van der Waals surface area contributed by atoms with Gasteiger partial charge in [0.2, 0.25) is 0 Å². The first-order valence-electron chi connectivity index (χ1n) is 12.9. The molecule has 0 spiro atoms. The molecule has 0 radical (unpaired) electrons. The molecule has 2 aliphatic carbocycles. The molecule has 0 aromatic carbocycles. The number of aliphatic hydroxyl groups is 2. The summed E-state index contributed by atoms with van der Waals surface area (Å²) in [6, 6.07) is 0. The van der Waals surface area contributed by atoms with Crippen LogP contribution in [0.1, 0.15) is 61.3 Å². The zero-order valence-electron chi connectivity index (χ0n) is 23.3. The Morgan fingerprint density at radius 2 is 1.71 bits per heavy atom. The Labute approximate surface area is 240 Å². The molecule has 1 saturated heterocycles. The lowest BCUT2D eigenvalue weighted by atomic mass is 9.49. The zero-order chi connectivity index (χ0) is 29.0.